The Labute approximate surface area is 195 Å². The summed E-state index contributed by atoms with van der Waals surface area (Å²) in [5.41, 5.74) is -2.29. The van der Waals surface area contributed by atoms with E-state index < -0.39 is 53.5 Å². The smallest absolute Gasteiger partial charge is 0.334 e. The van der Waals surface area contributed by atoms with Crippen LogP contribution in [0.5, 0.6) is 0 Å². The molecule has 6 atom stereocenters. The Morgan fingerprint density at radius 1 is 1.12 bits per heavy atom. The third kappa shape index (κ3) is 7.37. The number of rotatable bonds is 8. The summed E-state index contributed by atoms with van der Waals surface area (Å²) in [5.74, 6) is -2.25. The average molecular weight is 467 g/mol. The molecule has 0 aliphatic heterocycles. The number of hydrogen-bond acceptors (Lipinski definition) is 8. The third-order valence-corrected chi connectivity index (χ3v) is 5.95. The molecule has 8 nitrogen and oxygen atoms in total. The topological polar surface area (TPSA) is 134 Å². The number of aliphatic hydroxyl groups is 4. The maximum atomic E-state index is 12.4. The third-order valence-electron chi connectivity index (χ3n) is 5.95. The van der Waals surface area contributed by atoms with Crippen LogP contribution in [0.15, 0.2) is 47.6 Å². The Balaban J connectivity index is 3.33. The van der Waals surface area contributed by atoms with Gasteiger partial charge < -0.3 is 29.9 Å². The standard InChI is InChI=1S/C25H38O8/c1-9-14(3)22(28)32-18(11-12-24(6,7)30)16(5)17-13-19(26)25(8,31)21(20(17)27)33-23(29)15(4)10-2/h9-12,17-21,26-27,30-31H,5,13H2,1-4,6-8H3/b12-11+,14-9-,15-10-/t17-,18?,19+,20+,21+,25-/m1/s1. The summed E-state index contributed by atoms with van der Waals surface area (Å²) < 4.78 is 10.9. The second-order valence-corrected chi connectivity index (χ2v) is 9.26. The maximum absolute atomic E-state index is 12.4. The van der Waals surface area contributed by atoms with Gasteiger partial charge in [0.1, 0.15) is 17.8 Å². The van der Waals surface area contributed by atoms with Crippen molar-refractivity contribution in [3.8, 4) is 0 Å². The van der Waals surface area contributed by atoms with Crippen LogP contribution in [0.4, 0.5) is 0 Å². The van der Waals surface area contributed by atoms with Crippen molar-refractivity contribution >= 4 is 11.9 Å². The highest BCUT2D eigenvalue weighted by molar-refractivity contribution is 5.88. The van der Waals surface area contributed by atoms with E-state index in [1.807, 2.05) is 0 Å². The highest BCUT2D eigenvalue weighted by Crippen LogP contribution is 2.39. The van der Waals surface area contributed by atoms with Gasteiger partial charge in [-0.15, -0.1) is 0 Å². The van der Waals surface area contributed by atoms with Crippen molar-refractivity contribution in [1.82, 2.24) is 0 Å². The van der Waals surface area contributed by atoms with E-state index in [0.29, 0.717) is 5.57 Å². The van der Waals surface area contributed by atoms with Crippen LogP contribution < -0.4 is 0 Å². The van der Waals surface area contributed by atoms with Crippen molar-refractivity contribution in [2.75, 3.05) is 0 Å². The van der Waals surface area contributed by atoms with Gasteiger partial charge in [0.2, 0.25) is 0 Å². The molecule has 0 amide bonds. The minimum atomic E-state index is -1.92. The molecular weight excluding hydrogens is 428 g/mol. The molecule has 8 heteroatoms. The summed E-state index contributed by atoms with van der Waals surface area (Å²) in [6.45, 7) is 14.8. The van der Waals surface area contributed by atoms with Gasteiger partial charge in [-0.25, -0.2) is 9.59 Å². The molecule has 0 bridgehead atoms. The number of aliphatic hydroxyl groups excluding tert-OH is 2. The summed E-state index contributed by atoms with van der Waals surface area (Å²) in [5, 5.41) is 42.6. The molecule has 0 aromatic heterocycles. The monoisotopic (exact) mass is 466 g/mol. The van der Waals surface area contributed by atoms with Crippen molar-refractivity contribution in [1.29, 1.82) is 0 Å². The van der Waals surface area contributed by atoms with Crippen molar-refractivity contribution in [2.24, 2.45) is 5.92 Å². The molecule has 4 N–H and O–H groups in total. The van der Waals surface area contributed by atoms with E-state index >= 15 is 0 Å². The number of allylic oxidation sites excluding steroid dienone is 2. The largest absolute Gasteiger partial charge is 0.453 e. The van der Waals surface area contributed by atoms with E-state index in [1.54, 1.807) is 26.8 Å². The van der Waals surface area contributed by atoms with E-state index in [9.17, 15) is 30.0 Å². The minimum Gasteiger partial charge on any atom is -0.453 e. The van der Waals surface area contributed by atoms with Crippen LogP contribution in [0.2, 0.25) is 0 Å². The Bertz CT molecular complexity index is 828. The summed E-state index contributed by atoms with van der Waals surface area (Å²) in [6, 6.07) is 0. The van der Waals surface area contributed by atoms with E-state index in [2.05, 4.69) is 6.58 Å². The van der Waals surface area contributed by atoms with Crippen LogP contribution >= 0.6 is 0 Å². The Morgan fingerprint density at radius 2 is 1.64 bits per heavy atom. The van der Waals surface area contributed by atoms with E-state index in [1.165, 1.54) is 45.9 Å². The van der Waals surface area contributed by atoms with Crippen LogP contribution in [-0.2, 0) is 19.1 Å². The van der Waals surface area contributed by atoms with Gasteiger partial charge in [-0.05, 0) is 66.5 Å². The summed E-state index contributed by atoms with van der Waals surface area (Å²) >= 11 is 0. The second-order valence-electron chi connectivity index (χ2n) is 9.26. The molecule has 0 heterocycles. The molecule has 1 saturated carbocycles. The van der Waals surface area contributed by atoms with Crippen LogP contribution in [0.3, 0.4) is 0 Å². The zero-order chi connectivity index (χ0) is 25.7. The molecule has 0 radical (unpaired) electrons. The number of carbonyl (C=O) groups excluding carboxylic acids is 2. The van der Waals surface area contributed by atoms with Crippen LogP contribution in [0, 0.1) is 5.92 Å². The highest BCUT2D eigenvalue weighted by Gasteiger charge is 2.54. The normalized spacial score (nSPS) is 30.2. The number of ether oxygens (including phenoxy) is 2. The zero-order valence-electron chi connectivity index (χ0n) is 20.5. The van der Waals surface area contributed by atoms with Gasteiger partial charge in [0.05, 0.1) is 11.7 Å². The second kappa shape index (κ2) is 11.2. The predicted molar refractivity (Wildman–Crippen MR) is 124 cm³/mol. The molecule has 33 heavy (non-hydrogen) atoms. The van der Waals surface area contributed by atoms with Crippen molar-refractivity contribution < 1.29 is 39.5 Å². The fourth-order valence-electron chi connectivity index (χ4n) is 3.35. The summed E-state index contributed by atoms with van der Waals surface area (Å²) in [7, 11) is 0. The lowest BCUT2D eigenvalue weighted by atomic mass is 9.70. The lowest BCUT2D eigenvalue weighted by Gasteiger charge is -2.47. The van der Waals surface area contributed by atoms with Crippen LogP contribution in [-0.4, -0.2) is 68.0 Å². The molecule has 1 rings (SSSR count). The first-order chi connectivity index (χ1) is 15.1. The van der Waals surface area contributed by atoms with Gasteiger partial charge >= 0.3 is 11.9 Å². The van der Waals surface area contributed by atoms with Crippen molar-refractivity contribution in [3.63, 3.8) is 0 Å². The molecule has 1 unspecified atom stereocenters. The average Bonchev–Trinajstić information content (AvgIpc) is 2.73. The van der Waals surface area contributed by atoms with Crippen LogP contribution in [0.25, 0.3) is 0 Å². The quantitative estimate of drug-likeness (QED) is 0.243. The zero-order valence-corrected chi connectivity index (χ0v) is 20.5. The number of hydrogen-bond donors (Lipinski definition) is 4. The minimum absolute atomic E-state index is 0.114. The van der Waals surface area contributed by atoms with Crippen molar-refractivity contribution in [2.45, 2.75) is 90.5 Å². The van der Waals surface area contributed by atoms with Gasteiger partial charge in [-0.1, -0.05) is 24.8 Å². The highest BCUT2D eigenvalue weighted by atomic mass is 16.6. The van der Waals surface area contributed by atoms with Gasteiger partial charge in [0.15, 0.2) is 6.10 Å². The van der Waals surface area contributed by atoms with E-state index in [4.69, 9.17) is 9.47 Å². The molecule has 1 aliphatic carbocycles. The first-order valence-electron chi connectivity index (χ1n) is 10.9. The lowest BCUT2D eigenvalue weighted by molar-refractivity contribution is -0.221. The molecule has 0 saturated heterocycles. The molecule has 0 aromatic carbocycles. The molecule has 0 spiro atoms. The van der Waals surface area contributed by atoms with Gasteiger partial charge in [0.25, 0.3) is 0 Å². The number of carbonyl (C=O) groups is 2. The van der Waals surface area contributed by atoms with Crippen LogP contribution in [0.1, 0.15) is 54.9 Å². The molecular formula is C25H38O8. The molecule has 186 valence electrons. The summed E-state index contributed by atoms with van der Waals surface area (Å²) in [6.07, 6.45) is 0.547. The van der Waals surface area contributed by atoms with E-state index in [0.717, 1.165) is 0 Å². The van der Waals surface area contributed by atoms with Gasteiger partial charge in [0, 0.05) is 17.1 Å². The SMILES string of the molecule is C=C(C(/C=C/C(C)(C)O)OC(=O)/C(C)=C\C)[C@H]1C[C@H](O)[C@@](C)(O)[C@@H](OC(=O)/C(C)=C\C)[C@H]1O. The first kappa shape index (κ1) is 28.8. The fraction of sp³-hybridized carbons (Fsp3) is 0.600. The number of esters is 2. The Kier molecular flexibility index (Phi) is 9.80. The van der Waals surface area contributed by atoms with Crippen molar-refractivity contribution in [3.05, 3.63) is 47.6 Å². The van der Waals surface area contributed by atoms with E-state index in [-0.39, 0.29) is 17.6 Å². The van der Waals surface area contributed by atoms with Gasteiger partial charge in [-0.2, -0.15) is 0 Å². The summed E-state index contributed by atoms with van der Waals surface area (Å²) in [4.78, 5) is 24.7. The Morgan fingerprint density at radius 3 is 2.12 bits per heavy atom. The molecule has 1 fully saturated rings. The van der Waals surface area contributed by atoms with Gasteiger partial charge in [-0.3, -0.25) is 0 Å². The first-order valence-corrected chi connectivity index (χ1v) is 10.9. The fourth-order valence-corrected chi connectivity index (χ4v) is 3.35. The molecule has 0 aromatic rings. The predicted octanol–water partition coefficient (Wildman–Crippen LogP) is 2.12. The Hall–Kier alpha value is -2.26. The molecule has 1 aliphatic rings. The maximum Gasteiger partial charge on any atom is 0.334 e. The lowest BCUT2D eigenvalue weighted by Crippen LogP contribution is -2.63.